The van der Waals surface area contributed by atoms with E-state index in [4.69, 9.17) is 4.74 Å². The van der Waals surface area contributed by atoms with Gasteiger partial charge in [-0.15, -0.1) is 0 Å². The molecule has 3 N–H and O–H groups in total. The van der Waals surface area contributed by atoms with Crippen molar-refractivity contribution in [2.24, 2.45) is 4.99 Å². The Morgan fingerprint density at radius 1 is 1.11 bits per heavy atom. The molecular formula is C20H25F2N3O2. The summed E-state index contributed by atoms with van der Waals surface area (Å²) in [6.45, 7) is 3.80. The zero-order chi connectivity index (χ0) is 19.5. The molecule has 0 aromatic heterocycles. The maximum atomic E-state index is 13.1. The summed E-state index contributed by atoms with van der Waals surface area (Å²) in [5.74, 6) is -0.970. The van der Waals surface area contributed by atoms with Gasteiger partial charge in [-0.25, -0.2) is 8.78 Å². The first-order chi connectivity index (χ1) is 13.1. The number of nitrogens with one attached hydrogen (secondary N) is 2. The summed E-state index contributed by atoms with van der Waals surface area (Å²) < 4.78 is 31.4. The molecule has 0 saturated carbocycles. The number of benzene rings is 2. The fourth-order valence-electron chi connectivity index (χ4n) is 2.39. The molecule has 1 unspecified atom stereocenters. The van der Waals surface area contributed by atoms with Gasteiger partial charge in [0.15, 0.2) is 17.6 Å². The maximum absolute atomic E-state index is 13.1. The van der Waals surface area contributed by atoms with Gasteiger partial charge in [0.2, 0.25) is 0 Å². The lowest BCUT2D eigenvalue weighted by molar-refractivity contribution is 0.170. The topological polar surface area (TPSA) is 65.9 Å². The number of hydrogen-bond donors (Lipinski definition) is 3. The number of aliphatic hydroxyl groups excluding tert-OH is 1. The van der Waals surface area contributed by atoms with Crippen LogP contribution in [0.4, 0.5) is 8.78 Å². The van der Waals surface area contributed by atoms with Gasteiger partial charge in [0.1, 0.15) is 12.4 Å². The highest BCUT2D eigenvalue weighted by Crippen LogP contribution is 2.16. The first-order valence-electron chi connectivity index (χ1n) is 8.93. The van der Waals surface area contributed by atoms with Gasteiger partial charge in [0.25, 0.3) is 0 Å². The van der Waals surface area contributed by atoms with Gasteiger partial charge in [-0.1, -0.05) is 30.3 Å². The lowest BCUT2D eigenvalue weighted by Gasteiger charge is -2.13. The lowest BCUT2D eigenvalue weighted by atomic mass is 10.1. The quantitative estimate of drug-likeness (QED) is 0.357. The minimum atomic E-state index is -0.938. The average Bonchev–Trinajstić information content (AvgIpc) is 2.68. The van der Waals surface area contributed by atoms with Gasteiger partial charge in [-0.3, -0.25) is 4.99 Å². The fraction of sp³-hybridized carbons (Fsp3) is 0.350. The van der Waals surface area contributed by atoms with Crippen LogP contribution in [-0.4, -0.2) is 37.3 Å². The van der Waals surface area contributed by atoms with E-state index in [0.717, 1.165) is 17.7 Å². The van der Waals surface area contributed by atoms with E-state index in [1.54, 1.807) is 0 Å². The first kappa shape index (κ1) is 20.6. The number of halogens is 2. The standard InChI is InChI=1S/C20H25F2N3O2/c1-2-23-20(24-11-10-19(26)15-6-4-3-5-7-15)25-12-13-27-16-8-9-17(21)18(22)14-16/h3-9,14,19,26H,2,10-13H2,1H3,(H2,23,24,25). The van der Waals surface area contributed by atoms with Crippen LogP contribution in [0, 0.1) is 11.6 Å². The second-order valence-corrected chi connectivity index (χ2v) is 5.83. The summed E-state index contributed by atoms with van der Waals surface area (Å²) in [6.07, 6.45) is -0.0547. The Balaban J connectivity index is 1.75. The van der Waals surface area contributed by atoms with Gasteiger partial charge >= 0.3 is 0 Å². The van der Waals surface area contributed by atoms with Crippen molar-refractivity contribution in [3.05, 3.63) is 65.7 Å². The Bertz CT molecular complexity index is 726. The van der Waals surface area contributed by atoms with Crippen LogP contribution >= 0.6 is 0 Å². The highest BCUT2D eigenvalue weighted by molar-refractivity contribution is 5.79. The molecule has 0 aliphatic heterocycles. The second-order valence-electron chi connectivity index (χ2n) is 5.83. The average molecular weight is 377 g/mol. The van der Waals surface area contributed by atoms with Gasteiger partial charge in [-0.2, -0.15) is 0 Å². The Hall–Kier alpha value is -2.67. The van der Waals surface area contributed by atoms with Crippen molar-refractivity contribution < 1.29 is 18.6 Å². The number of aliphatic hydroxyl groups is 1. The molecule has 0 heterocycles. The van der Waals surface area contributed by atoms with E-state index in [-0.39, 0.29) is 12.4 Å². The maximum Gasteiger partial charge on any atom is 0.191 e. The highest BCUT2D eigenvalue weighted by Gasteiger charge is 2.06. The monoisotopic (exact) mass is 377 g/mol. The van der Waals surface area contributed by atoms with Crippen molar-refractivity contribution in [1.82, 2.24) is 10.6 Å². The minimum absolute atomic E-state index is 0.266. The molecule has 2 aromatic rings. The molecule has 0 fully saturated rings. The predicted molar refractivity (Wildman–Crippen MR) is 102 cm³/mol. The lowest BCUT2D eigenvalue weighted by Crippen LogP contribution is -2.39. The summed E-state index contributed by atoms with van der Waals surface area (Å²) in [4.78, 5) is 4.42. The van der Waals surface area contributed by atoms with E-state index < -0.39 is 17.7 Å². The van der Waals surface area contributed by atoms with Crippen LogP contribution in [0.5, 0.6) is 5.75 Å². The summed E-state index contributed by atoms with van der Waals surface area (Å²) in [6, 6.07) is 12.9. The molecule has 1 atom stereocenters. The molecule has 146 valence electrons. The van der Waals surface area contributed by atoms with Crippen molar-refractivity contribution in [3.8, 4) is 5.75 Å². The number of guanidine groups is 1. The Morgan fingerprint density at radius 3 is 2.59 bits per heavy atom. The van der Waals surface area contributed by atoms with Gasteiger partial charge in [-0.05, 0) is 31.0 Å². The molecule has 0 spiro atoms. The molecule has 2 aromatic carbocycles. The van der Waals surface area contributed by atoms with Gasteiger partial charge < -0.3 is 20.5 Å². The molecule has 0 amide bonds. The van der Waals surface area contributed by atoms with E-state index in [2.05, 4.69) is 15.6 Å². The van der Waals surface area contributed by atoms with Gasteiger partial charge in [0, 0.05) is 19.2 Å². The van der Waals surface area contributed by atoms with Crippen LogP contribution in [0.2, 0.25) is 0 Å². The summed E-state index contributed by atoms with van der Waals surface area (Å²) in [5, 5.41) is 16.4. The van der Waals surface area contributed by atoms with E-state index in [1.165, 1.54) is 6.07 Å². The largest absolute Gasteiger partial charge is 0.492 e. The predicted octanol–water partition coefficient (Wildman–Crippen LogP) is 3.02. The number of hydrogen-bond acceptors (Lipinski definition) is 3. The molecule has 0 saturated heterocycles. The van der Waals surface area contributed by atoms with Crippen molar-refractivity contribution in [3.63, 3.8) is 0 Å². The normalized spacial score (nSPS) is 12.5. The molecular weight excluding hydrogens is 352 g/mol. The third kappa shape index (κ3) is 7.22. The van der Waals surface area contributed by atoms with Crippen LogP contribution in [0.15, 0.2) is 53.5 Å². The zero-order valence-electron chi connectivity index (χ0n) is 15.3. The van der Waals surface area contributed by atoms with E-state index >= 15 is 0 Å². The molecule has 0 aliphatic carbocycles. The van der Waals surface area contributed by atoms with Crippen molar-refractivity contribution in [2.75, 3.05) is 26.2 Å². The van der Waals surface area contributed by atoms with Crippen molar-refractivity contribution in [2.45, 2.75) is 19.4 Å². The van der Waals surface area contributed by atoms with Crippen LogP contribution < -0.4 is 15.4 Å². The summed E-state index contributed by atoms with van der Waals surface area (Å²) >= 11 is 0. The molecule has 0 radical (unpaired) electrons. The molecule has 27 heavy (non-hydrogen) atoms. The van der Waals surface area contributed by atoms with Crippen LogP contribution in [-0.2, 0) is 0 Å². The van der Waals surface area contributed by atoms with Crippen LogP contribution in [0.1, 0.15) is 25.0 Å². The van der Waals surface area contributed by atoms with Crippen LogP contribution in [0.3, 0.4) is 0 Å². The smallest absolute Gasteiger partial charge is 0.191 e. The Kier molecular flexibility index (Phi) is 8.51. The third-order valence-electron chi connectivity index (χ3n) is 3.76. The third-order valence-corrected chi connectivity index (χ3v) is 3.76. The molecule has 2 rings (SSSR count). The molecule has 0 bridgehead atoms. The zero-order valence-corrected chi connectivity index (χ0v) is 15.3. The molecule has 0 aliphatic rings. The number of aliphatic imine (C=N–C) groups is 1. The van der Waals surface area contributed by atoms with E-state index in [9.17, 15) is 13.9 Å². The van der Waals surface area contributed by atoms with E-state index in [0.29, 0.717) is 32.0 Å². The Labute approximate surface area is 158 Å². The number of nitrogens with zero attached hydrogens (tertiary/aromatic N) is 1. The van der Waals surface area contributed by atoms with Crippen molar-refractivity contribution in [1.29, 1.82) is 0 Å². The molecule has 5 nitrogen and oxygen atoms in total. The second kappa shape index (κ2) is 11.1. The Morgan fingerprint density at radius 2 is 1.89 bits per heavy atom. The van der Waals surface area contributed by atoms with Gasteiger partial charge in [0.05, 0.1) is 12.6 Å². The summed E-state index contributed by atoms with van der Waals surface area (Å²) in [7, 11) is 0. The molecule has 7 heteroatoms. The van der Waals surface area contributed by atoms with E-state index in [1.807, 2.05) is 37.3 Å². The number of rotatable bonds is 9. The van der Waals surface area contributed by atoms with Crippen LogP contribution in [0.25, 0.3) is 0 Å². The van der Waals surface area contributed by atoms with Crippen molar-refractivity contribution >= 4 is 5.96 Å². The first-order valence-corrected chi connectivity index (χ1v) is 8.93. The summed E-state index contributed by atoms with van der Waals surface area (Å²) in [5.41, 5.74) is 0.866. The highest BCUT2D eigenvalue weighted by atomic mass is 19.2. The minimum Gasteiger partial charge on any atom is -0.492 e. The number of ether oxygens (including phenoxy) is 1. The fourth-order valence-corrected chi connectivity index (χ4v) is 2.39. The SMILES string of the molecule is CCNC(=NCCC(O)c1ccccc1)NCCOc1ccc(F)c(F)c1.